The molecule has 94 valence electrons. The zero-order valence-electron chi connectivity index (χ0n) is 10.6. The maximum Gasteiger partial charge on any atom is 0.0370 e. The van der Waals surface area contributed by atoms with Gasteiger partial charge in [-0.15, -0.1) is 0 Å². The van der Waals surface area contributed by atoms with E-state index in [1.54, 1.807) is 0 Å². The predicted octanol–water partition coefficient (Wildman–Crippen LogP) is 2.30. The lowest BCUT2D eigenvalue weighted by Gasteiger charge is -2.12. The van der Waals surface area contributed by atoms with Crippen LogP contribution in [0.3, 0.4) is 0 Å². The highest BCUT2D eigenvalue weighted by Crippen LogP contribution is 2.32. The number of rotatable bonds is 1. The summed E-state index contributed by atoms with van der Waals surface area (Å²) in [5, 5.41) is 0. The lowest BCUT2D eigenvalue weighted by Crippen LogP contribution is -1.99. The number of benzene rings is 2. The van der Waals surface area contributed by atoms with Crippen LogP contribution in [-0.4, -0.2) is 0 Å². The molecule has 0 unspecified atom stereocenters. The Morgan fingerprint density at radius 1 is 0.556 bits per heavy atom. The molecule has 8 N–H and O–H groups in total. The maximum absolute atomic E-state index is 5.92. The van der Waals surface area contributed by atoms with Gasteiger partial charge in [0.2, 0.25) is 0 Å². The summed E-state index contributed by atoms with van der Waals surface area (Å²) in [5.41, 5.74) is 30.0. The fourth-order valence-corrected chi connectivity index (χ4v) is 1.85. The van der Waals surface area contributed by atoms with E-state index in [4.69, 9.17) is 22.9 Å². The standard InChI is InChI=1S/C14H18N4/c1-7-11(15)3-9(4-12(7)16)10-5-13(17)8(2)14(18)6-10/h3-6H,15-18H2,1-2H3. The van der Waals surface area contributed by atoms with Crippen molar-refractivity contribution in [2.24, 2.45) is 0 Å². The Labute approximate surface area is 107 Å². The Kier molecular flexibility index (Phi) is 2.79. The van der Waals surface area contributed by atoms with E-state index in [1.165, 1.54) is 0 Å². The van der Waals surface area contributed by atoms with Crippen LogP contribution in [0, 0.1) is 13.8 Å². The first kappa shape index (κ1) is 12.1. The van der Waals surface area contributed by atoms with Gasteiger partial charge in [-0.3, -0.25) is 0 Å². The van der Waals surface area contributed by atoms with Gasteiger partial charge in [0.15, 0.2) is 0 Å². The van der Waals surface area contributed by atoms with E-state index in [0.717, 1.165) is 22.3 Å². The van der Waals surface area contributed by atoms with Gasteiger partial charge in [0.05, 0.1) is 0 Å². The van der Waals surface area contributed by atoms with Crippen LogP contribution in [0.1, 0.15) is 11.1 Å². The van der Waals surface area contributed by atoms with Crippen molar-refractivity contribution < 1.29 is 0 Å². The molecule has 0 amide bonds. The van der Waals surface area contributed by atoms with Crippen molar-refractivity contribution in [1.82, 2.24) is 0 Å². The molecule has 2 aromatic rings. The maximum atomic E-state index is 5.92. The molecule has 0 aliphatic carbocycles. The summed E-state index contributed by atoms with van der Waals surface area (Å²) in [6, 6.07) is 7.54. The van der Waals surface area contributed by atoms with E-state index in [1.807, 2.05) is 38.1 Å². The van der Waals surface area contributed by atoms with Gasteiger partial charge >= 0.3 is 0 Å². The summed E-state index contributed by atoms with van der Waals surface area (Å²) in [7, 11) is 0. The lowest BCUT2D eigenvalue weighted by atomic mass is 9.98. The van der Waals surface area contributed by atoms with E-state index < -0.39 is 0 Å². The summed E-state index contributed by atoms with van der Waals surface area (Å²) in [6.45, 7) is 3.79. The molecular weight excluding hydrogens is 224 g/mol. The summed E-state index contributed by atoms with van der Waals surface area (Å²) >= 11 is 0. The second kappa shape index (κ2) is 4.14. The molecule has 0 saturated carbocycles. The van der Waals surface area contributed by atoms with Crippen LogP contribution in [-0.2, 0) is 0 Å². The molecular formula is C14H18N4. The van der Waals surface area contributed by atoms with Crippen molar-refractivity contribution in [1.29, 1.82) is 0 Å². The van der Waals surface area contributed by atoms with Gasteiger partial charge in [0.1, 0.15) is 0 Å². The van der Waals surface area contributed by atoms with E-state index in [9.17, 15) is 0 Å². The van der Waals surface area contributed by atoms with E-state index in [0.29, 0.717) is 22.7 Å². The first-order valence-electron chi connectivity index (χ1n) is 5.71. The second-order valence-corrected chi connectivity index (χ2v) is 4.56. The van der Waals surface area contributed by atoms with Crippen LogP contribution in [0.5, 0.6) is 0 Å². The van der Waals surface area contributed by atoms with Gasteiger partial charge in [-0.2, -0.15) is 0 Å². The molecule has 18 heavy (non-hydrogen) atoms. The summed E-state index contributed by atoms with van der Waals surface area (Å²) in [5.74, 6) is 0. The molecule has 0 radical (unpaired) electrons. The molecule has 0 aliphatic heterocycles. The van der Waals surface area contributed by atoms with E-state index in [-0.39, 0.29) is 0 Å². The minimum absolute atomic E-state index is 0.669. The highest BCUT2D eigenvalue weighted by molar-refractivity contribution is 5.80. The van der Waals surface area contributed by atoms with Gasteiger partial charge in [0.25, 0.3) is 0 Å². The van der Waals surface area contributed by atoms with Crippen molar-refractivity contribution in [3.8, 4) is 11.1 Å². The van der Waals surface area contributed by atoms with Crippen molar-refractivity contribution in [3.05, 3.63) is 35.4 Å². The number of nitrogens with two attached hydrogens (primary N) is 4. The van der Waals surface area contributed by atoms with Crippen LogP contribution in [0.4, 0.5) is 22.7 Å². The van der Waals surface area contributed by atoms with E-state index >= 15 is 0 Å². The quantitative estimate of drug-likeness (QED) is 0.576. The molecule has 0 fully saturated rings. The molecule has 0 spiro atoms. The molecule has 4 nitrogen and oxygen atoms in total. The Hall–Kier alpha value is -2.36. The topological polar surface area (TPSA) is 104 Å². The normalized spacial score (nSPS) is 10.6. The highest BCUT2D eigenvalue weighted by Gasteiger charge is 2.07. The van der Waals surface area contributed by atoms with Crippen LogP contribution in [0.15, 0.2) is 24.3 Å². The summed E-state index contributed by atoms with van der Waals surface area (Å²) in [4.78, 5) is 0. The summed E-state index contributed by atoms with van der Waals surface area (Å²) < 4.78 is 0. The predicted molar refractivity (Wildman–Crippen MR) is 79.0 cm³/mol. The smallest absolute Gasteiger partial charge is 0.0370 e. The Balaban J connectivity index is 2.63. The van der Waals surface area contributed by atoms with Crippen LogP contribution in [0.2, 0.25) is 0 Å². The Morgan fingerprint density at radius 3 is 1.00 bits per heavy atom. The van der Waals surface area contributed by atoms with Crippen molar-refractivity contribution >= 4 is 22.7 Å². The molecule has 0 aliphatic rings. The largest absolute Gasteiger partial charge is 0.398 e. The van der Waals surface area contributed by atoms with Gasteiger partial charge in [-0.05, 0) is 60.4 Å². The van der Waals surface area contributed by atoms with Crippen LogP contribution in [0.25, 0.3) is 11.1 Å². The molecule has 0 atom stereocenters. The number of hydrogen-bond acceptors (Lipinski definition) is 4. The van der Waals surface area contributed by atoms with Gasteiger partial charge in [-0.25, -0.2) is 0 Å². The van der Waals surface area contributed by atoms with Crippen molar-refractivity contribution in [2.45, 2.75) is 13.8 Å². The molecule has 0 aromatic heterocycles. The molecule has 2 aromatic carbocycles. The second-order valence-electron chi connectivity index (χ2n) is 4.56. The molecule has 2 rings (SSSR count). The zero-order chi connectivity index (χ0) is 13.4. The van der Waals surface area contributed by atoms with Crippen molar-refractivity contribution in [3.63, 3.8) is 0 Å². The number of hydrogen-bond donors (Lipinski definition) is 4. The van der Waals surface area contributed by atoms with Gasteiger partial charge in [0, 0.05) is 22.7 Å². The monoisotopic (exact) mass is 242 g/mol. The molecule has 0 bridgehead atoms. The van der Waals surface area contributed by atoms with E-state index in [2.05, 4.69) is 0 Å². The van der Waals surface area contributed by atoms with Gasteiger partial charge < -0.3 is 22.9 Å². The third kappa shape index (κ3) is 1.93. The highest BCUT2D eigenvalue weighted by atomic mass is 14.6. The minimum Gasteiger partial charge on any atom is -0.398 e. The average molecular weight is 242 g/mol. The fraction of sp³-hybridized carbons (Fsp3) is 0.143. The Bertz CT molecular complexity index is 516. The fourth-order valence-electron chi connectivity index (χ4n) is 1.85. The first-order chi connectivity index (χ1) is 8.40. The van der Waals surface area contributed by atoms with Crippen LogP contribution < -0.4 is 22.9 Å². The molecule has 0 saturated heterocycles. The van der Waals surface area contributed by atoms with Crippen LogP contribution >= 0.6 is 0 Å². The average Bonchev–Trinajstić information content (AvgIpc) is 2.31. The Morgan fingerprint density at radius 2 is 0.778 bits per heavy atom. The lowest BCUT2D eigenvalue weighted by molar-refractivity contribution is 1.44. The number of nitrogen functional groups attached to an aromatic ring is 4. The summed E-state index contributed by atoms with van der Waals surface area (Å²) in [6.07, 6.45) is 0. The third-order valence-electron chi connectivity index (χ3n) is 3.31. The van der Waals surface area contributed by atoms with Crippen molar-refractivity contribution in [2.75, 3.05) is 22.9 Å². The third-order valence-corrected chi connectivity index (χ3v) is 3.31. The minimum atomic E-state index is 0.669. The van der Waals surface area contributed by atoms with Gasteiger partial charge in [-0.1, -0.05) is 0 Å². The first-order valence-corrected chi connectivity index (χ1v) is 5.71. The molecule has 0 heterocycles. The SMILES string of the molecule is Cc1c(N)cc(-c2cc(N)c(C)c(N)c2)cc1N. The number of anilines is 4. The zero-order valence-corrected chi connectivity index (χ0v) is 10.6. The molecule has 4 heteroatoms.